The van der Waals surface area contributed by atoms with Crippen molar-refractivity contribution in [1.82, 2.24) is 15.5 Å². The first-order valence-electron chi connectivity index (χ1n) is 9.70. The van der Waals surface area contributed by atoms with Crippen molar-refractivity contribution in [3.8, 4) is 6.07 Å². The van der Waals surface area contributed by atoms with Crippen LogP contribution in [0.5, 0.6) is 0 Å². The fourth-order valence-electron chi connectivity index (χ4n) is 3.46. The van der Waals surface area contributed by atoms with Gasteiger partial charge < -0.3 is 10.6 Å². The Morgan fingerprint density at radius 1 is 1.13 bits per heavy atom. The average molecular weight is 558 g/mol. The number of aliphatic imine (C=N–C) groups is 1. The summed E-state index contributed by atoms with van der Waals surface area (Å²) >= 11 is 12.1. The lowest BCUT2D eigenvalue weighted by atomic mass is 10.0. The predicted molar refractivity (Wildman–Crippen MR) is 135 cm³/mol. The number of likely N-dealkylation sites (tertiary alicyclic amines) is 1. The topological polar surface area (TPSA) is 63.5 Å². The van der Waals surface area contributed by atoms with Crippen LogP contribution in [0.3, 0.4) is 0 Å². The SMILES string of the molecule is CN=C(NCc1cccc(C#N)c1)NC1CCN(Cc2ccc(Cl)c(Cl)c2)CC1.I. The number of guanidine groups is 1. The summed E-state index contributed by atoms with van der Waals surface area (Å²) in [5.74, 6) is 0.787. The van der Waals surface area contributed by atoms with Crippen LogP contribution in [0, 0.1) is 11.3 Å². The summed E-state index contributed by atoms with van der Waals surface area (Å²) < 4.78 is 0. The molecule has 0 amide bonds. The van der Waals surface area contributed by atoms with Crippen LogP contribution in [-0.2, 0) is 13.1 Å². The molecule has 0 unspecified atom stereocenters. The van der Waals surface area contributed by atoms with Gasteiger partial charge in [-0.2, -0.15) is 5.26 Å². The summed E-state index contributed by atoms with van der Waals surface area (Å²) in [6.45, 7) is 3.54. The van der Waals surface area contributed by atoms with E-state index in [0.29, 0.717) is 28.2 Å². The van der Waals surface area contributed by atoms with Crippen molar-refractivity contribution in [3.05, 3.63) is 69.2 Å². The molecule has 0 saturated carbocycles. The first-order chi connectivity index (χ1) is 14.1. The molecule has 5 nitrogen and oxygen atoms in total. The van der Waals surface area contributed by atoms with Crippen molar-refractivity contribution >= 4 is 53.1 Å². The zero-order valence-electron chi connectivity index (χ0n) is 16.9. The van der Waals surface area contributed by atoms with Crippen molar-refractivity contribution in [1.29, 1.82) is 5.26 Å². The van der Waals surface area contributed by atoms with E-state index in [1.165, 1.54) is 5.56 Å². The average Bonchev–Trinajstić information content (AvgIpc) is 2.75. The van der Waals surface area contributed by atoms with Crippen LogP contribution in [0.25, 0.3) is 0 Å². The fourth-order valence-corrected chi connectivity index (χ4v) is 3.78. The molecular weight excluding hydrogens is 532 g/mol. The fraction of sp³-hybridized carbons (Fsp3) is 0.364. The molecule has 30 heavy (non-hydrogen) atoms. The number of hydrogen-bond acceptors (Lipinski definition) is 3. The van der Waals surface area contributed by atoms with Gasteiger partial charge in [0.15, 0.2) is 5.96 Å². The van der Waals surface area contributed by atoms with Crippen molar-refractivity contribution in [2.24, 2.45) is 4.99 Å². The zero-order valence-corrected chi connectivity index (χ0v) is 20.7. The van der Waals surface area contributed by atoms with E-state index in [1.807, 2.05) is 42.5 Å². The molecule has 0 atom stereocenters. The quantitative estimate of drug-likeness (QED) is 0.314. The van der Waals surface area contributed by atoms with Gasteiger partial charge in [0.25, 0.3) is 0 Å². The van der Waals surface area contributed by atoms with Gasteiger partial charge in [-0.1, -0.05) is 41.4 Å². The lowest BCUT2D eigenvalue weighted by Gasteiger charge is -2.33. The lowest BCUT2D eigenvalue weighted by molar-refractivity contribution is 0.198. The van der Waals surface area contributed by atoms with E-state index in [0.717, 1.165) is 44.0 Å². The minimum atomic E-state index is 0. The Balaban J connectivity index is 0.00000320. The highest BCUT2D eigenvalue weighted by Crippen LogP contribution is 2.24. The van der Waals surface area contributed by atoms with Crippen LogP contribution < -0.4 is 10.6 Å². The molecule has 0 bridgehead atoms. The predicted octanol–water partition coefficient (Wildman–Crippen LogP) is 4.81. The van der Waals surface area contributed by atoms with Crippen molar-refractivity contribution in [2.45, 2.75) is 32.0 Å². The molecule has 1 saturated heterocycles. The summed E-state index contributed by atoms with van der Waals surface area (Å²) in [6, 6.07) is 16.0. The minimum absolute atomic E-state index is 0. The maximum absolute atomic E-state index is 9.02. The molecule has 0 spiro atoms. The van der Waals surface area contributed by atoms with E-state index in [4.69, 9.17) is 28.5 Å². The van der Waals surface area contributed by atoms with E-state index in [2.05, 4.69) is 26.6 Å². The standard InChI is InChI=1S/C22H25Cl2N5.HI/c1-26-22(27-14-17-4-2-3-16(11-17)13-25)28-19-7-9-29(10-8-19)15-18-5-6-20(23)21(24)12-18;/h2-6,11-12,19H,7-10,14-15H2,1H3,(H2,26,27,28);1H. The molecule has 8 heteroatoms. The molecule has 160 valence electrons. The maximum atomic E-state index is 9.02. The molecular formula is C22H26Cl2IN5. The Kier molecular flexibility index (Phi) is 10.2. The van der Waals surface area contributed by atoms with Gasteiger partial charge in [-0.15, -0.1) is 24.0 Å². The van der Waals surface area contributed by atoms with E-state index in [-0.39, 0.29) is 24.0 Å². The summed E-state index contributed by atoms with van der Waals surface area (Å²) in [6.07, 6.45) is 2.10. The van der Waals surface area contributed by atoms with Gasteiger partial charge in [0, 0.05) is 39.3 Å². The number of hydrogen-bond donors (Lipinski definition) is 2. The van der Waals surface area contributed by atoms with Gasteiger partial charge in [0.05, 0.1) is 21.7 Å². The number of nitrogens with zero attached hydrogens (tertiary/aromatic N) is 3. The molecule has 2 aromatic rings. The Bertz CT molecular complexity index is 905. The number of nitrogens with one attached hydrogen (secondary N) is 2. The Morgan fingerprint density at radius 2 is 1.90 bits per heavy atom. The third-order valence-electron chi connectivity index (χ3n) is 5.06. The van der Waals surface area contributed by atoms with Crippen molar-refractivity contribution < 1.29 is 0 Å². The minimum Gasteiger partial charge on any atom is -0.354 e. The molecule has 1 heterocycles. The number of piperidine rings is 1. The molecule has 2 N–H and O–H groups in total. The van der Waals surface area contributed by atoms with Crippen molar-refractivity contribution in [2.75, 3.05) is 20.1 Å². The van der Waals surface area contributed by atoms with E-state index >= 15 is 0 Å². The first kappa shape index (κ1) is 24.7. The second-order valence-corrected chi connectivity index (χ2v) is 8.00. The second kappa shape index (κ2) is 12.4. The molecule has 0 radical (unpaired) electrons. The number of rotatable bonds is 5. The second-order valence-electron chi connectivity index (χ2n) is 7.18. The van der Waals surface area contributed by atoms with Gasteiger partial charge in [-0.05, 0) is 48.2 Å². The first-order valence-corrected chi connectivity index (χ1v) is 10.5. The van der Waals surface area contributed by atoms with Crippen LogP contribution in [0.4, 0.5) is 0 Å². The summed E-state index contributed by atoms with van der Waals surface area (Å²) in [7, 11) is 1.78. The van der Waals surface area contributed by atoms with Gasteiger partial charge in [-0.3, -0.25) is 9.89 Å². The third-order valence-corrected chi connectivity index (χ3v) is 5.80. The lowest BCUT2D eigenvalue weighted by Crippen LogP contribution is -2.48. The van der Waals surface area contributed by atoms with Crippen LogP contribution in [0.1, 0.15) is 29.5 Å². The van der Waals surface area contributed by atoms with E-state index in [1.54, 1.807) is 7.05 Å². The molecule has 1 aliphatic rings. The highest BCUT2D eigenvalue weighted by molar-refractivity contribution is 14.0. The Morgan fingerprint density at radius 3 is 2.57 bits per heavy atom. The monoisotopic (exact) mass is 557 g/mol. The summed E-state index contributed by atoms with van der Waals surface area (Å²) in [5, 5.41) is 17.1. The highest BCUT2D eigenvalue weighted by Gasteiger charge is 2.20. The molecule has 0 aromatic heterocycles. The maximum Gasteiger partial charge on any atom is 0.191 e. The van der Waals surface area contributed by atoms with Crippen LogP contribution >= 0.6 is 47.2 Å². The molecule has 1 fully saturated rings. The third kappa shape index (κ3) is 7.31. The number of halogens is 3. The van der Waals surface area contributed by atoms with Gasteiger partial charge in [0.1, 0.15) is 0 Å². The summed E-state index contributed by atoms with van der Waals surface area (Å²) in [4.78, 5) is 6.77. The van der Waals surface area contributed by atoms with Crippen LogP contribution in [-0.4, -0.2) is 37.0 Å². The molecule has 2 aromatic carbocycles. The Labute approximate surface area is 205 Å². The van der Waals surface area contributed by atoms with E-state index < -0.39 is 0 Å². The van der Waals surface area contributed by atoms with Crippen molar-refractivity contribution in [3.63, 3.8) is 0 Å². The van der Waals surface area contributed by atoms with Gasteiger partial charge in [0.2, 0.25) is 0 Å². The number of nitriles is 1. The molecule has 0 aliphatic carbocycles. The zero-order chi connectivity index (χ0) is 20.6. The smallest absolute Gasteiger partial charge is 0.191 e. The molecule has 1 aliphatic heterocycles. The Hall–Kier alpha value is -1.53. The van der Waals surface area contributed by atoms with E-state index in [9.17, 15) is 0 Å². The number of benzene rings is 2. The van der Waals surface area contributed by atoms with Gasteiger partial charge >= 0.3 is 0 Å². The molecule has 3 rings (SSSR count). The highest BCUT2D eigenvalue weighted by atomic mass is 127. The normalized spacial score (nSPS) is 15.2. The van der Waals surface area contributed by atoms with Gasteiger partial charge in [-0.25, -0.2) is 0 Å². The largest absolute Gasteiger partial charge is 0.354 e. The van der Waals surface area contributed by atoms with Crippen LogP contribution in [0.15, 0.2) is 47.5 Å². The van der Waals surface area contributed by atoms with Crippen LogP contribution in [0.2, 0.25) is 10.0 Å². The summed E-state index contributed by atoms with van der Waals surface area (Å²) in [5.41, 5.74) is 2.91.